The molecule has 0 aliphatic carbocycles. The molecular weight excluding hydrogens is 332 g/mol. The lowest BCUT2D eigenvalue weighted by Crippen LogP contribution is -2.51. The predicted octanol–water partition coefficient (Wildman–Crippen LogP) is 1.34. The summed E-state index contributed by atoms with van der Waals surface area (Å²) < 4.78 is 7.06. The van der Waals surface area contributed by atoms with E-state index in [0.717, 1.165) is 18.5 Å². The van der Waals surface area contributed by atoms with E-state index in [1.807, 2.05) is 29.3 Å². The zero-order valence-corrected chi connectivity index (χ0v) is 14.6. The molecule has 0 spiro atoms. The first-order valence-corrected chi connectivity index (χ1v) is 9.01. The molecule has 1 aromatic heterocycles. The van der Waals surface area contributed by atoms with Gasteiger partial charge in [0.1, 0.15) is 6.04 Å². The number of nitrogens with zero attached hydrogens (tertiary/aromatic N) is 4. The van der Waals surface area contributed by atoms with Crippen molar-refractivity contribution in [3.8, 4) is 5.69 Å². The van der Waals surface area contributed by atoms with Crippen molar-refractivity contribution in [3.05, 3.63) is 48.3 Å². The number of aromatic nitrogens is 2. The number of hydrogen-bond donors (Lipinski definition) is 0. The molecule has 136 valence electrons. The molecule has 0 bridgehead atoms. The van der Waals surface area contributed by atoms with Gasteiger partial charge < -0.3 is 14.5 Å². The lowest BCUT2D eigenvalue weighted by molar-refractivity contribution is -0.139. The molecule has 1 unspecified atom stereocenters. The molecule has 2 aliphatic heterocycles. The molecule has 7 heteroatoms. The lowest BCUT2D eigenvalue weighted by Gasteiger charge is -2.32. The van der Waals surface area contributed by atoms with Crippen LogP contribution in [0.15, 0.2) is 42.7 Å². The van der Waals surface area contributed by atoms with Crippen molar-refractivity contribution in [2.45, 2.75) is 18.9 Å². The third-order valence-corrected chi connectivity index (χ3v) is 5.00. The number of hydrogen-bond acceptors (Lipinski definition) is 4. The summed E-state index contributed by atoms with van der Waals surface area (Å²) in [5.74, 6) is -0.0339. The van der Waals surface area contributed by atoms with Crippen molar-refractivity contribution in [1.29, 1.82) is 0 Å². The fourth-order valence-corrected chi connectivity index (χ4v) is 3.61. The van der Waals surface area contributed by atoms with E-state index in [9.17, 15) is 9.59 Å². The standard InChI is InChI=1S/C19H22N4O3/c24-18(15-4-6-16(7-5-15)23-10-2-8-20-23)22-9-1-3-17(22)19(25)21-11-13-26-14-12-21/h2,4-8,10,17H,1,3,9,11-14H2. The van der Waals surface area contributed by atoms with Gasteiger partial charge in [-0.15, -0.1) is 0 Å². The Hall–Kier alpha value is -2.67. The van der Waals surface area contributed by atoms with E-state index in [-0.39, 0.29) is 17.9 Å². The molecular formula is C19H22N4O3. The fraction of sp³-hybridized carbons (Fsp3) is 0.421. The molecule has 2 saturated heterocycles. The van der Waals surface area contributed by atoms with E-state index in [1.54, 1.807) is 27.9 Å². The Balaban J connectivity index is 1.48. The van der Waals surface area contributed by atoms with Crippen molar-refractivity contribution in [2.24, 2.45) is 0 Å². The monoisotopic (exact) mass is 354 g/mol. The minimum atomic E-state index is -0.355. The average Bonchev–Trinajstić information content (AvgIpc) is 3.40. The van der Waals surface area contributed by atoms with Gasteiger partial charge in [-0.1, -0.05) is 0 Å². The summed E-state index contributed by atoms with van der Waals surface area (Å²) in [6.07, 6.45) is 5.16. The summed E-state index contributed by atoms with van der Waals surface area (Å²) in [6, 6.07) is 8.84. The van der Waals surface area contributed by atoms with E-state index >= 15 is 0 Å². The summed E-state index contributed by atoms with van der Waals surface area (Å²) in [5, 5.41) is 4.19. The van der Waals surface area contributed by atoms with Crippen LogP contribution in [0, 0.1) is 0 Å². The number of ether oxygens (including phenoxy) is 1. The fourth-order valence-electron chi connectivity index (χ4n) is 3.61. The highest BCUT2D eigenvalue weighted by atomic mass is 16.5. The quantitative estimate of drug-likeness (QED) is 0.834. The first-order valence-electron chi connectivity index (χ1n) is 9.01. The largest absolute Gasteiger partial charge is 0.378 e. The Morgan fingerprint density at radius 3 is 2.54 bits per heavy atom. The zero-order chi connectivity index (χ0) is 17.9. The predicted molar refractivity (Wildman–Crippen MR) is 95.0 cm³/mol. The molecule has 2 aliphatic rings. The third-order valence-electron chi connectivity index (χ3n) is 5.00. The van der Waals surface area contributed by atoms with Gasteiger partial charge in [-0.3, -0.25) is 9.59 Å². The average molecular weight is 354 g/mol. The number of likely N-dealkylation sites (tertiary alicyclic amines) is 1. The van der Waals surface area contributed by atoms with E-state index in [0.29, 0.717) is 38.4 Å². The van der Waals surface area contributed by atoms with Crippen LogP contribution in [0.25, 0.3) is 5.69 Å². The Bertz CT molecular complexity index is 767. The SMILES string of the molecule is O=C(C1CCCN1C(=O)c1ccc(-n2cccn2)cc1)N1CCOCC1. The molecule has 26 heavy (non-hydrogen) atoms. The third kappa shape index (κ3) is 3.22. The molecule has 0 N–H and O–H groups in total. The van der Waals surface area contributed by atoms with Gasteiger partial charge in [-0.2, -0.15) is 5.10 Å². The van der Waals surface area contributed by atoms with Gasteiger partial charge in [0.15, 0.2) is 0 Å². The van der Waals surface area contributed by atoms with Crippen LogP contribution in [0.4, 0.5) is 0 Å². The summed E-state index contributed by atoms with van der Waals surface area (Å²) in [4.78, 5) is 29.3. The molecule has 0 saturated carbocycles. The van der Waals surface area contributed by atoms with Gasteiger partial charge in [0, 0.05) is 37.6 Å². The maximum Gasteiger partial charge on any atom is 0.254 e. The Morgan fingerprint density at radius 2 is 1.85 bits per heavy atom. The van der Waals surface area contributed by atoms with Crippen LogP contribution in [-0.2, 0) is 9.53 Å². The molecule has 1 atom stereocenters. The summed E-state index contributed by atoms with van der Waals surface area (Å²) in [7, 11) is 0. The lowest BCUT2D eigenvalue weighted by atomic mass is 10.1. The van der Waals surface area contributed by atoms with Gasteiger partial charge in [0.2, 0.25) is 5.91 Å². The Kier molecular flexibility index (Phi) is 4.71. The van der Waals surface area contributed by atoms with Crippen LogP contribution in [0.5, 0.6) is 0 Å². The van der Waals surface area contributed by atoms with Gasteiger partial charge in [-0.05, 0) is 43.2 Å². The van der Waals surface area contributed by atoms with Gasteiger partial charge >= 0.3 is 0 Å². The number of morpholine rings is 1. The number of benzene rings is 1. The Labute approximate surface area is 152 Å². The maximum absolute atomic E-state index is 13.0. The molecule has 4 rings (SSSR count). The summed E-state index contributed by atoms with van der Waals surface area (Å²) >= 11 is 0. The highest BCUT2D eigenvalue weighted by Crippen LogP contribution is 2.23. The van der Waals surface area contributed by atoms with E-state index < -0.39 is 0 Å². The van der Waals surface area contributed by atoms with Crippen LogP contribution < -0.4 is 0 Å². The van der Waals surface area contributed by atoms with Crippen molar-refractivity contribution in [2.75, 3.05) is 32.8 Å². The van der Waals surface area contributed by atoms with E-state index in [4.69, 9.17) is 4.74 Å². The molecule has 7 nitrogen and oxygen atoms in total. The molecule has 1 aromatic carbocycles. The number of rotatable bonds is 3. The van der Waals surface area contributed by atoms with Crippen molar-refractivity contribution in [1.82, 2.24) is 19.6 Å². The number of carbonyl (C=O) groups excluding carboxylic acids is 2. The minimum Gasteiger partial charge on any atom is -0.378 e. The van der Waals surface area contributed by atoms with Gasteiger partial charge in [0.25, 0.3) is 5.91 Å². The zero-order valence-electron chi connectivity index (χ0n) is 14.6. The van der Waals surface area contributed by atoms with Crippen molar-refractivity contribution < 1.29 is 14.3 Å². The van der Waals surface area contributed by atoms with Crippen molar-refractivity contribution in [3.63, 3.8) is 0 Å². The molecule has 2 aromatic rings. The van der Waals surface area contributed by atoms with Crippen LogP contribution in [0.2, 0.25) is 0 Å². The smallest absolute Gasteiger partial charge is 0.254 e. The van der Waals surface area contributed by atoms with Gasteiger partial charge in [-0.25, -0.2) is 4.68 Å². The molecule has 3 heterocycles. The van der Waals surface area contributed by atoms with E-state index in [1.165, 1.54) is 0 Å². The maximum atomic E-state index is 13.0. The van der Waals surface area contributed by atoms with Crippen LogP contribution >= 0.6 is 0 Å². The van der Waals surface area contributed by atoms with Crippen molar-refractivity contribution >= 4 is 11.8 Å². The molecule has 2 amide bonds. The van der Waals surface area contributed by atoms with Gasteiger partial charge in [0.05, 0.1) is 18.9 Å². The second-order valence-corrected chi connectivity index (χ2v) is 6.59. The highest BCUT2D eigenvalue weighted by molar-refractivity contribution is 5.98. The van der Waals surface area contributed by atoms with Crippen LogP contribution in [0.1, 0.15) is 23.2 Å². The summed E-state index contributed by atoms with van der Waals surface area (Å²) in [5.41, 5.74) is 1.50. The first-order chi connectivity index (χ1) is 12.7. The normalized spacial score (nSPS) is 20.4. The molecule has 0 radical (unpaired) electrons. The highest BCUT2D eigenvalue weighted by Gasteiger charge is 2.37. The Morgan fingerprint density at radius 1 is 1.08 bits per heavy atom. The minimum absolute atomic E-state index is 0.0484. The second kappa shape index (κ2) is 7.29. The summed E-state index contributed by atoms with van der Waals surface area (Å²) in [6.45, 7) is 2.98. The topological polar surface area (TPSA) is 67.7 Å². The van der Waals surface area contributed by atoms with Crippen LogP contribution in [-0.4, -0.2) is 70.3 Å². The molecule has 2 fully saturated rings. The number of amides is 2. The first kappa shape index (κ1) is 16.8. The number of carbonyl (C=O) groups is 2. The van der Waals surface area contributed by atoms with E-state index in [2.05, 4.69) is 5.10 Å². The second-order valence-electron chi connectivity index (χ2n) is 6.59. The van der Waals surface area contributed by atoms with Crippen LogP contribution in [0.3, 0.4) is 0 Å².